The lowest BCUT2D eigenvalue weighted by molar-refractivity contribution is -0.136. The van der Waals surface area contributed by atoms with Crippen LogP contribution in [0.25, 0.3) is 0 Å². The van der Waals surface area contributed by atoms with Crippen molar-refractivity contribution in [1.82, 2.24) is 15.1 Å². The second-order valence-corrected chi connectivity index (χ2v) is 10.1. The normalized spacial score (nSPS) is 20.4. The number of amides is 5. The maximum atomic E-state index is 13.2. The number of rotatable bonds is 7. The maximum absolute atomic E-state index is 13.2. The zero-order chi connectivity index (χ0) is 26.8. The fourth-order valence-electron chi connectivity index (χ4n) is 5.29. The summed E-state index contributed by atoms with van der Waals surface area (Å²) in [6.45, 7) is 3.04. The molecule has 3 aliphatic rings. The van der Waals surface area contributed by atoms with Gasteiger partial charge in [-0.05, 0) is 62.0 Å². The zero-order valence-corrected chi connectivity index (χ0v) is 21.1. The third-order valence-corrected chi connectivity index (χ3v) is 7.48. The molecular formula is C28H31N5O5. The van der Waals surface area contributed by atoms with E-state index in [1.807, 2.05) is 24.3 Å². The lowest BCUT2D eigenvalue weighted by atomic mass is 10.0. The molecule has 2 aromatic rings. The number of likely N-dealkylation sites (tertiary alicyclic amines) is 1. The van der Waals surface area contributed by atoms with Gasteiger partial charge in [0, 0.05) is 19.0 Å². The van der Waals surface area contributed by atoms with Crippen molar-refractivity contribution in [2.24, 2.45) is 5.73 Å². The van der Waals surface area contributed by atoms with E-state index in [1.54, 1.807) is 12.1 Å². The van der Waals surface area contributed by atoms with Crippen LogP contribution in [0.4, 0.5) is 5.69 Å². The van der Waals surface area contributed by atoms with Gasteiger partial charge in [-0.1, -0.05) is 30.3 Å². The second kappa shape index (κ2) is 10.8. The Kier molecular flexibility index (Phi) is 7.35. The Morgan fingerprint density at radius 3 is 2.37 bits per heavy atom. The number of nitrogens with zero attached hydrogens (tertiary/aromatic N) is 2. The van der Waals surface area contributed by atoms with Gasteiger partial charge in [-0.3, -0.25) is 34.2 Å². The third kappa shape index (κ3) is 5.36. The summed E-state index contributed by atoms with van der Waals surface area (Å²) in [5, 5.41) is 4.94. The minimum absolute atomic E-state index is 0.0408. The van der Waals surface area contributed by atoms with Gasteiger partial charge in [0.25, 0.3) is 11.8 Å². The first-order chi connectivity index (χ1) is 18.3. The first-order valence-electron chi connectivity index (χ1n) is 13.0. The smallest absolute Gasteiger partial charge is 0.264 e. The summed E-state index contributed by atoms with van der Waals surface area (Å²) >= 11 is 0. The number of nitrogens with two attached hydrogens (primary N) is 1. The van der Waals surface area contributed by atoms with E-state index in [2.05, 4.69) is 15.5 Å². The van der Waals surface area contributed by atoms with Gasteiger partial charge in [-0.15, -0.1) is 0 Å². The van der Waals surface area contributed by atoms with Gasteiger partial charge in [-0.2, -0.15) is 0 Å². The van der Waals surface area contributed by atoms with Gasteiger partial charge in [0.15, 0.2) is 0 Å². The van der Waals surface area contributed by atoms with Crippen LogP contribution >= 0.6 is 0 Å². The molecule has 0 bridgehead atoms. The van der Waals surface area contributed by atoms with E-state index in [0.717, 1.165) is 49.4 Å². The number of hydrogen-bond donors (Lipinski definition) is 3. The van der Waals surface area contributed by atoms with Crippen molar-refractivity contribution < 1.29 is 24.0 Å². The molecule has 0 aromatic heterocycles. The molecule has 0 saturated carbocycles. The Hall–Kier alpha value is -3.89. The molecule has 0 radical (unpaired) electrons. The monoisotopic (exact) mass is 517 g/mol. The SMILES string of the molecule is NC1CCN(CCc2ccc(CC(=O)Nc3cccc4c3C(=O)N(C3CCC(=O)NC3=O)C4=O)cc2)CC1. The molecule has 1 unspecified atom stereocenters. The van der Waals surface area contributed by atoms with Crippen LogP contribution in [-0.2, 0) is 27.2 Å². The molecule has 3 aliphatic heterocycles. The van der Waals surface area contributed by atoms with E-state index in [4.69, 9.17) is 5.73 Å². The average Bonchev–Trinajstić information content (AvgIpc) is 3.15. The highest BCUT2D eigenvalue weighted by Crippen LogP contribution is 2.32. The molecule has 2 aromatic carbocycles. The highest BCUT2D eigenvalue weighted by Gasteiger charge is 2.45. The molecular weight excluding hydrogens is 486 g/mol. The molecule has 4 N–H and O–H groups in total. The minimum Gasteiger partial charge on any atom is -0.328 e. The molecule has 10 heteroatoms. The Bertz CT molecular complexity index is 1280. The lowest BCUT2D eigenvalue weighted by Crippen LogP contribution is -2.54. The Morgan fingerprint density at radius 2 is 1.66 bits per heavy atom. The predicted octanol–water partition coefficient (Wildman–Crippen LogP) is 1.23. The van der Waals surface area contributed by atoms with E-state index < -0.39 is 29.7 Å². The molecule has 198 valence electrons. The Balaban J connectivity index is 1.20. The van der Waals surface area contributed by atoms with Crippen molar-refractivity contribution in [3.63, 3.8) is 0 Å². The van der Waals surface area contributed by atoms with E-state index >= 15 is 0 Å². The van der Waals surface area contributed by atoms with Gasteiger partial charge in [0.05, 0.1) is 23.2 Å². The molecule has 38 heavy (non-hydrogen) atoms. The topological polar surface area (TPSA) is 142 Å². The summed E-state index contributed by atoms with van der Waals surface area (Å²) < 4.78 is 0. The van der Waals surface area contributed by atoms with Crippen LogP contribution < -0.4 is 16.4 Å². The molecule has 10 nitrogen and oxygen atoms in total. The predicted molar refractivity (Wildman–Crippen MR) is 139 cm³/mol. The number of carbonyl (C=O) groups excluding carboxylic acids is 5. The quantitative estimate of drug-likeness (QED) is 0.469. The van der Waals surface area contributed by atoms with Crippen LogP contribution in [-0.4, -0.2) is 71.1 Å². The van der Waals surface area contributed by atoms with Gasteiger partial charge < -0.3 is 16.0 Å². The zero-order valence-electron chi connectivity index (χ0n) is 21.1. The summed E-state index contributed by atoms with van der Waals surface area (Å²) in [5.41, 5.74) is 8.41. The van der Waals surface area contributed by atoms with Crippen molar-refractivity contribution in [3.05, 3.63) is 64.7 Å². The highest BCUT2D eigenvalue weighted by atomic mass is 16.2. The summed E-state index contributed by atoms with van der Waals surface area (Å²) in [6.07, 6.45) is 3.21. The van der Waals surface area contributed by atoms with Gasteiger partial charge >= 0.3 is 0 Å². The van der Waals surface area contributed by atoms with E-state index in [-0.39, 0.29) is 42.0 Å². The lowest BCUT2D eigenvalue weighted by Gasteiger charge is -2.29. The molecule has 5 amide bonds. The highest BCUT2D eigenvalue weighted by molar-refractivity contribution is 6.26. The number of imide groups is 2. The van der Waals surface area contributed by atoms with Gasteiger partial charge in [-0.25, -0.2) is 0 Å². The van der Waals surface area contributed by atoms with Crippen LogP contribution in [0.1, 0.15) is 57.5 Å². The third-order valence-electron chi connectivity index (χ3n) is 7.48. The first kappa shape index (κ1) is 25.7. The molecule has 5 rings (SSSR count). The molecule has 2 saturated heterocycles. The summed E-state index contributed by atoms with van der Waals surface area (Å²) in [5.74, 6) is -2.70. The van der Waals surface area contributed by atoms with Crippen LogP contribution in [0.15, 0.2) is 42.5 Å². The summed E-state index contributed by atoms with van der Waals surface area (Å²) in [4.78, 5) is 66.1. The molecule has 0 spiro atoms. The largest absolute Gasteiger partial charge is 0.328 e. The number of benzene rings is 2. The molecule has 3 heterocycles. The number of hydrogen-bond acceptors (Lipinski definition) is 7. The number of piperidine rings is 2. The maximum Gasteiger partial charge on any atom is 0.264 e. The van der Waals surface area contributed by atoms with Crippen molar-refractivity contribution in [2.45, 2.75) is 50.6 Å². The molecule has 1 atom stereocenters. The summed E-state index contributed by atoms with van der Waals surface area (Å²) in [6, 6.07) is 11.8. The number of fused-ring (bicyclic) bond motifs is 1. The van der Waals surface area contributed by atoms with E-state index in [1.165, 1.54) is 11.6 Å². The number of anilines is 1. The fraction of sp³-hybridized carbons (Fsp3) is 0.393. The first-order valence-corrected chi connectivity index (χ1v) is 13.0. The number of carbonyl (C=O) groups is 5. The van der Waals surface area contributed by atoms with E-state index in [0.29, 0.717) is 6.04 Å². The van der Waals surface area contributed by atoms with Crippen molar-refractivity contribution >= 4 is 35.2 Å². The Labute approximate surface area is 220 Å². The number of nitrogens with one attached hydrogen (secondary N) is 2. The van der Waals surface area contributed by atoms with Gasteiger partial charge in [0.1, 0.15) is 6.04 Å². The van der Waals surface area contributed by atoms with Crippen LogP contribution in [0, 0.1) is 0 Å². The van der Waals surface area contributed by atoms with Crippen molar-refractivity contribution in [3.8, 4) is 0 Å². The molecule has 2 fully saturated rings. The van der Waals surface area contributed by atoms with Gasteiger partial charge in [0.2, 0.25) is 17.7 Å². The Morgan fingerprint density at radius 1 is 0.947 bits per heavy atom. The minimum atomic E-state index is -1.06. The van der Waals surface area contributed by atoms with Crippen LogP contribution in [0.3, 0.4) is 0 Å². The standard InChI is InChI=1S/C28H31N5O5/c29-19-11-14-32(15-12-19)13-10-17-4-6-18(7-5-17)16-24(35)30-21-3-1-2-20-25(21)28(38)33(27(20)37)22-8-9-23(34)31-26(22)36/h1-7,19,22H,8-16,29H2,(H,30,35)(H,31,34,36). The molecule has 0 aliphatic carbocycles. The van der Waals surface area contributed by atoms with E-state index in [9.17, 15) is 24.0 Å². The average molecular weight is 518 g/mol. The second-order valence-electron chi connectivity index (χ2n) is 10.1. The van der Waals surface area contributed by atoms with Crippen LogP contribution in [0.5, 0.6) is 0 Å². The summed E-state index contributed by atoms with van der Waals surface area (Å²) in [7, 11) is 0. The fourth-order valence-corrected chi connectivity index (χ4v) is 5.29. The van der Waals surface area contributed by atoms with Crippen molar-refractivity contribution in [1.29, 1.82) is 0 Å². The van der Waals surface area contributed by atoms with Crippen molar-refractivity contribution in [2.75, 3.05) is 25.0 Å². The van der Waals surface area contributed by atoms with Crippen LogP contribution in [0.2, 0.25) is 0 Å².